The predicted octanol–water partition coefficient (Wildman–Crippen LogP) is 3.39. The van der Waals surface area contributed by atoms with Crippen molar-refractivity contribution in [3.05, 3.63) is 65.8 Å². The molecule has 1 aliphatic heterocycles. The monoisotopic (exact) mass is 284 g/mol. The Morgan fingerprint density at radius 3 is 2.81 bits per heavy atom. The van der Waals surface area contributed by atoms with Gasteiger partial charge in [0, 0.05) is 0 Å². The van der Waals surface area contributed by atoms with Gasteiger partial charge in [-0.2, -0.15) is 0 Å². The molecule has 0 bridgehead atoms. The summed E-state index contributed by atoms with van der Waals surface area (Å²) in [6, 6.07) is 9.88. The van der Waals surface area contributed by atoms with Crippen molar-refractivity contribution in [2.24, 2.45) is 5.92 Å². The van der Waals surface area contributed by atoms with E-state index in [0.29, 0.717) is 19.8 Å². The van der Waals surface area contributed by atoms with Crippen LogP contribution in [0.4, 0.5) is 0 Å². The van der Waals surface area contributed by atoms with Gasteiger partial charge in [0.2, 0.25) is 0 Å². The second kappa shape index (κ2) is 7.60. The minimum absolute atomic E-state index is 0.246. The van der Waals surface area contributed by atoms with Crippen LogP contribution in [0.5, 0.6) is 0 Å². The van der Waals surface area contributed by atoms with Crippen LogP contribution in [0.25, 0.3) is 6.08 Å². The smallest absolute Gasteiger partial charge is 0.317 e. The van der Waals surface area contributed by atoms with Gasteiger partial charge in [-0.25, -0.2) is 0 Å². The zero-order valence-corrected chi connectivity index (χ0v) is 12.2. The van der Waals surface area contributed by atoms with E-state index in [1.807, 2.05) is 49.4 Å². The number of esters is 1. The van der Waals surface area contributed by atoms with Crippen LogP contribution in [-0.4, -0.2) is 25.8 Å². The molecule has 1 heterocycles. The molecule has 0 N–H and O–H groups in total. The summed E-state index contributed by atoms with van der Waals surface area (Å²) in [5.41, 5.74) is 2.97. The maximum Gasteiger partial charge on any atom is 0.317 e. The lowest BCUT2D eigenvalue weighted by atomic mass is 9.95. The molecule has 0 amide bonds. The molecule has 0 aromatic heterocycles. The highest BCUT2D eigenvalue weighted by atomic mass is 16.5. The molecular formula is C18H20O3. The van der Waals surface area contributed by atoms with Crippen molar-refractivity contribution in [2.45, 2.75) is 6.92 Å². The van der Waals surface area contributed by atoms with Crippen LogP contribution >= 0.6 is 0 Å². The first-order valence-corrected chi connectivity index (χ1v) is 7.08. The van der Waals surface area contributed by atoms with Gasteiger partial charge in [-0.1, -0.05) is 55.1 Å². The van der Waals surface area contributed by atoms with Crippen LogP contribution in [0.15, 0.2) is 60.2 Å². The molecule has 1 aliphatic rings. The van der Waals surface area contributed by atoms with Crippen molar-refractivity contribution in [1.82, 2.24) is 0 Å². The molecule has 0 saturated heterocycles. The van der Waals surface area contributed by atoms with Gasteiger partial charge >= 0.3 is 5.97 Å². The Labute approximate surface area is 125 Å². The molecule has 1 unspecified atom stereocenters. The quantitative estimate of drug-likeness (QED) is 0.751. The van der Waals surface area contributed by atoms with E-state index in [1.54, 1.807) is 6.08 Å². The Hall–Kier alpha value is -2.13. The zero-order chi connectivity index (χ0) is 15.1. The first-order chi connectivity index (χ1) is 10.3. The van der Waals surface area contributed by atoms with Crippen LogP contribution < -0.4 is 0 Å². The third-order valence-corrected chi connectivity index (χ3v) is 3.37. The van der Waals surface area contributed by atoms with Gasteiger partial charge in [0.15, 0.2) is 0 Å². The highest BCUT2D eigenvalue weighted by Gasteiger charge is 2.27. The van der Waals surface area contributed by atoms with E-state index in [2.05, 4.69) is 6.58 Å². The van der Waals surface area contributed by atoms with Crippen molar-refractivity contribution in [3.8, 4) is 0 Å². The maximum absolute atomic E-state index is 12.2. The van der Waals surface area contributed by atoms with E-state index in [0.717, 1.165) is 16.7 Å². The Balaban J connectivity index is 2.26. The van der Waals surface area contributed by atoms with Gasteiger partial charge in [-0.15, -0.1) is 0 Å². The SMILES string of the molecule is C=CC1=C(C(/C=C/c2ccccc2)C(=O)OCC)COC1. The molecule has 110 valence electrons. The first kappa shape index (κ1) is 15.3. The fourth-order valence-electron chi connectivity index (χ4n) is 2.28. The molecule has 0 fully saturated rings. The topological polar surface area (TPSA) is 35.5 Å². The maximum atomic E-state index is 12.2. The number of rotatable bonds is 6. The summed E-state index contributed by atoms with van der Waals surface area (Å²) in [5.74, 6) is -0.662. The third-order valence-electron chi connectivity index (χ3n) is 3.37. The molecule has 0 spiro atoms. The van der Waals surface area contributed by atoms with Crippen molar-refractivity contribution in [1.29, 1.82) is 0 Å². The molecule has 3 nitrogen and oxygen atoms in total. The van der Waals surface area contributed by atoms with Gasteiger partial charge in [0.05, 0.1) is 25.7 Å². The van der Waals surface area contributed by atoms with Crippen molar-refractivity contribution in [3.63, 3.8) is 0 Å². The Morgan fingerprint density at radius 2 is 2.14 bits per heavy atom. The molecular weight excluding hydrogens is 264 g/mol. The minimum atomic E-state index is -0.416. The van der Waals surface area contributed by atoms with E-state index in [4.69, 9.17) is 9.47 Å². The van der Waals surface area contributed by atoms with Crippen molar-refractivity contribution >= 4 is 12.0 Å². The third kappa shape index (κ3) is 3.92. The van der Waals surface area contributed by atoms with Crippen LogP contribution in [0.3, 0.4) is 0 Å². The van der Waals surface area contributed by atoms with Gasteiger partial charge < -0.3 is 9.47 Å². The summed E-state index contributed by atoms with van der Waals surface area (Å²) in [5, 5.41) is 0. The van der Waals surface area contributed by atoms with E-state index < -0.39 is 5.92 Å². The van der Waals surface area contributed by atoms with E-state index in [-0.39, 0.29) is 5.97 Å². The van der Waals surface area contributed by atoms with E-state index in [9.17, 15) is 4.79 Å². The fraction of sp³-hybridized carbons (Fsp3) is 0.278. The van der Waals surface area contributed by atoms with Crippen molar-refractivity contribution in [2.75, 3.05) is 19.8 Å². The summed E-state index contributed by atoms with van der Waals surface area (Å²) in [6.45, 7) is 6.92. The number of carbonyl (C=O) groups is 1. The van der Waals surface area contributed by atoms with Crippen LogP contribution in [0, 0.1) is 5.92 Å². The van der Waals surface area contributed by atoms with Crippen LogP contribution in [-0.2, 0) is 14.3 Å². The van der Waals surface area contributed by atoms with Gasteiger partial charge in [0.1, 0.15) is 0 Å². The van der Waals surface area contributed by atoms with Gasteiger partial charge in [0.25, 0.3) is 0 Å². The Kier molecular flexibility index (Phi) is 5.52. The second-order valence-corrected chi connectivity index (χ2v) is 4.75. The van der Waals surface area contributed by atoms with Gasteiger partial charge in [-0.05, 0) is 23.6 Å². The number of carbonyl (C=O) groups excluding carboxylic acids is 1. The molecule has 3 heteroatoms. The predicted molar refractivity (Wildman–Crippen MR) is 83.6 cm³/mol. The number of ether oxygens (including phenoxy) is 2. The molecule has 2 rings (SSSR count). The number of hydrogen-bond donors (Lipinski definition) is 0. The second-order valence-electron chi connectivity index (χ2n) is 4.75. The van der Waals surface area contributed by atoms with Crippen molar-refractivity contribution < 1.29 is 14.3 Å². The standard InChI is InChI=1S/C18H20O3/c1-3-15-12-20-13-17(15)16(18(19)21-4-2)11-10-14-8-6-5-7-9-14/h3,5-11,16H,1,4,12-13H2,2H3/b11-10+. The molecule has 0 saturated carbocycles. The van der Waals surface area contributed by atoms with Gasteiger partial charge in [-0.3, -0.25) is 4.79 Å². The highest BCUT2D eigenvalue weighted by Crippen LogP contribution is 2.26. The lowest BCUT2D eigenvalue weighted by molar-refractivity contribution is -0.145. The number of hydrogen-bond acceptors (Lipinski definition) is 3. The summed E-state index contributed by atoms with van der Waals surface area (Å²) < 4.78 is 10.6. The number of benzene rings is 1. The lowest BCUT2D eigenvalue weighted by Gasteiger charge is -2.13. The fourth-order valence-corrected chi connectivity index (χ4v) is 2.28. The van der Waals surface area contributed by atoms with E-state index in [1.165, 1.54) is 0 Å². The molecule has 1 aromatic carbocycles. The van der Waals surface area contributed by atoms with E-state index >= 15 is 0 Å². The molecule has 0 radical (unpaired) electrons. The normalized spacial score (nSPS) is 16.2. The largest absolute Gasteiger partial charge is 0.465 e. The Morgan fingerprint density at radius 1 is 1.38 bits per heavy atom. The summed E-state index contributed by atoms with van der Waals surface area (Å²) >= 11 is 0. The summed E-state index contributed by atoms with van der Waals surface area (Å²) in [4.78, 5) is 12.2. The molecule has 1 atom stereocenters. The lowest BCUT2D eigenvalue weighted by Crippen LogP contribution is -2.19. The first-order valence-electron chi connectivity index (χ1n) is 7.08. The summed E-state index contributed by atoms with van der Waals surface area (Å²) in [6.07, 6.45) is 5.57. The molecule has 0 aliphatic carbocycles. The zero-order valence-electron chi connectivity index (χ0n) is 12.2. The highest BCUT2D eigenvalue weighted by molar-refractivity contribution is 5.80. The average molecular weight is 284 g/mol. The molecule has 21 heavy (non-hydrogen) atoms. The molecule has 1 aromatic rings. The van der Waals surface area contributed by atoms with Crippen LogP contribution in [0.1, 0.15) is 12.5 Å². The average Bonchev–Trinajstić information content (AvgIpc) is 2.97. The summed E-state index contributed by atoms with van der Waals surface area (Å²) in [7, 11) is 0. The minimum Gasteiger partial charge on any atom is -0.465 e. The van der Waals surface area contributed by atoms with Crippen LogP contribution in [0.2, 0.25) is 0 Å². The Bertz CT molecular complexity index is 555.